The highest BCUT2D eigenvalue weighted by Gasteiger charge is 2.43. The van der Waals surface area contributed by atoms with Crippen LogP contribution >= 0.6 is 15.9 Å². The third-order valence-corrected chi connectivity index (χ3v) is 21.0. The number of hydrogen-bond acceptors (Lipinski definition) is 14. The highest BCUT2D eigenvalue weighted by molar-refractivity contribution is 9.09. The molecule has 1 N–H and O–H groups in total. The molecule has 6 aliphatic heterocycles. The second-order valence-electron chi connectivity index (χ2n) is 29.7. The van der Waals surface area contributed by atoms with Crippen molar-refractivity contribution >= 4 is 27.9 Å². The molecule has 14 nitrogen and oxygen atoms in total. The van der Waals surface area contributed by atoms with Crippen molar-refractivity contribution in [2.24, 2.45) is 10.8 Å². The van der Waals surface area contributed by atoms with Gasteiger partial charge in [-0.15, -0.1) is 0 Å². The van der Waals surface area contributed by atoms with Crippen LogP contribution in [0.4, 0.5) is 8.78 Å². The minimum absolute atomic E-state index is 0. The van der Waals surface area contributed by atoms with Gasteiger partial charge >= 0.3 is 11.9 Å². The molecule has 8 aliphatic rings. The number of carbonyl (C=O) groups is 2. The Hall–Kier alpha value is -4.30. The highest BCUT2D eigenvalue weighted by atomic mass is 79.9. The molecule has 4 unspecified atom stereocenters. The van der Waals surface area contributed by atoms with Crippen LogP contribution in [0, 0.1) is 22.5 Å². The smallest absolute Gasteiger partial charge is 0.328 e. The summed E-state index contributed by atoms with van der Waals surface area (Å²) in [6, 6.07) is 17.7. The third kappa shape index (κ3) is 22.3. The Kier molecular flexibility index (Phi) is 29.1. The third-order valence-electron chi connectivity index (χ3n) is 20.2. The van der Waals surface area contributed by atoms with Gasteiger partial charge < -0.3 is 43.2 Å². The van der Waals surface area contributed by atoms with Crippen molar-refractivity contribution in [3.8, 4) is 0 Å². The standard InChI is InChI=1S/C38H53FN2O5.C21H28BrFO4.C17H26N2O.2CH4/c1-37(2,3)46-36(42)35(32-24-28(39)12-14-31(32)34-15-17-38(26-45-34)18-22-43-23-19-38)41-20-16-30(25-41)44-21-7-6-9-29-13-11-27-8-4-5-10-33(27)40-29;1-20(2,3)27-19(24)18(22)16-12-14(23)4-5-15(16)17-6-7-21(13-26-17)8-10-25-11-9-21;1-2-7-17-14(5-1)8-9-15(19-17)6-3-4-12-20-16-10-11-18-13-16;;/h11-14,24,30,34-35H,4-10,15-23,25-26H2,1-3H3;4-5,12,17-18H,6-11,13H2,1-3H3;8-9,16,18H,1-7,10-13H2;2*1H4/t30-,34?,35?;;16-;;/m1.1../s1. The summed E-state index contributed by atoms with van der Waals surface area (Å²) >= 11 is 3.41. The van der Waals surface area contributed by atoms with Gasteiger partial charge in [0.15, 0.2) is 0 Å². The molecule has 0 amide bonds. The van der Waals surface area contributed by atoms with Crippen molar-refractivity contribution in [3.63, 3.8) is 0 Å². The first-order chi connectivity index (χ1) is 44.8. The van der Waals surface area contributed by atoms with Crippen molar-refractivity contribution < 1.29 is 56.3 Å². The van der Waals surface area contributed by atoms with Crippen LogP contribution < -0.4 is 5.32 Å². The number of nitrogens with zero attached hydrogens (tertiary/aromatic N) is 3. The van der Waals surface area contributed by atoms with Crippen molar-refractivity contribution in [2.75, 3.05) is 79.0 Å². The number of unbranched alkanes of at least 4 members (excludes halogenated alkanes) is 2. The number of carbonyl (C=O) groups excluding carboxylic acids is 2. The molecular weight excluding hydrogens is 1270 g/mol. The summed E-state index contributed by atoms with van der Waals surface area (Å²) in [4.78, 5) is 37.5. The number of likely N-dealkylation sites (tertiary alicyclic amines) is 1. The zero-order valence-electron chi connectivity index (χ0n) is 56.8. The second-order valence-corrected chi connectivity index (χ2v) is 30.6. The number of fused-ring (bicyclic) bond motifs is 2. The van der Waals surface area contributed by atoms with E-state index in [0.29, 0.717) is 50.1 Å². The van der Waals surface area contributed by atoms with Gasteiger partial charge in [-0.2, -0.15) is 0 Å². The van der Waals surface area contributed by atoms with E-state index in [0.717, 1.165) is 160 Å². The van der Waals surface area contributed by atoms with Crippen molar-refractivity contribution in [1.82, 2.24) is 20.2 Å². The maximum absolute atomic E-state index is 14.9. The Morgan fingerprint density at radius 2 is 1.09 bits per heavy atom. The topological polar surface area (TPSA) is 149 Å². The number of aryl methyl sites for hydroxylation is 6. The first-order valence-corrected chi connectivity index (χ1v) is 36.4. The van der Waals surface area contributed by atoms with Gasteiger partial charge in [-0.1, -0.05) is 55.0 Å². The van der Waals surface area contributed by atoms with Gasteiger partial charge in [0.1, 0.15) is 33.7 Å². The Balaban J connectivity index is 0.000000200. The zero-order valence-corrected chi connectivity index (χ0v) is 58.3. The van der Waals surface area contributed by atoms with E-state index in [1.807, 2.05) is 47.6 Å². The molecule has 95 heavy (non-hydrogen) atoms. The van der Waals surface area contributed by atoms with Crippen LogP contribution in [0.3, 0.4) is 0 Å². The maximum Gasteiger partial charge on any atom is 0.328 e. The number of alkyl halides is 1. The molecule has 2 aromatic heterocycles. The molecule has 0 radical (unpaired) electrons. The van der Waals surface area contributed by atoms with Crippen LogP contribution in [-0.4, -0.2) is 129 Å². The Labute approximate surface area is 576 Å². The molecule has 12 rings (SSSR count). The average Bonchev–Trinajstić information content (AvgIpc) is 1.70. The molecule has 2 aromatic carbocycles. The molecule has 6 atom stereocenters. The fraction of sp³-hybridized carbons (Fsp3) is 0.692. The zero-order chi connectivity index (χ0) is 65.4. The van der Waals surface area contributed by atoms with E-state index in [4.69, 9.17) is 47.9 Å². The van der Waals surface area contributed by atoms with Crippen molar-refractivity contribution in [1.29, 1.82) is 0 Å². The Morgan fingerprint density at radius 3 is 1.58 bits per heavy atom. The van der Waals surface area contributed by atoms with Gasteiger partial charge in [0, 0.05) is 82.1 Å². The quantitative estimate of drug-likeness (QED) is 0.0539. The number of nitrogens with one attached hydrogen (secondary N) is 1. The van der Waals surface area contributed by atoms with E-state index in [1.165, 1.54) is 110 Å². The normalized spacial score (nSPS) is 23.0. The predicted octanol–water partition coefficient (Wildman–Crippen LogP) is 16.4. The minimum Gasteiger partial charge on any atom is -0.459 e. The van der Waals surface area contributed by atoms with Crippen molar-refractivity contribution in [2.45, 2.75) is 257 Å². The number of halogens is 3. The van der Waals surface area contributed by atoms with Gasteiger partial charge in [-0.05, 0) is 283 Å². The Bertz CT molecular complexity index is 3030. The molecule has 0 saturated carbocycles. The summed E-state index contributed by atoms with van der Waals surface area (Å²) in [5.74, 6) is -1.51. The van der Waals surface area contributed by atoms with Gasteiger partial charge in [-0.3, -0.25) is 19.7 Å². The van der Waals surface area contributed by atoms with Crippen molar-refractivity contribution in [3.05, 3.63) is 128 Å². The van der Waals surface area contributed by atoms with Crippen LogP contribution in [0.1, 0.15) is 251 Å². The SMILES string of the molecule is C.C.CC(C)(C)OC(=O)C(Br)c1cc(F)ccc1C1CCC2(CCOCC2)CO1.CC(C)(C)OC(=O)C(c1cc(F)ccc1C1CCC2(CCOCC2)CO1)N1CC[C@@H](OCCCCc2ccc3c(n2)CCCC3)C1.c1cc2c(nc1CCCCO[C@@H]1CCNC1)CCCC2. The number of rotatable bonds is 19. The van der Waals surface area contributed by atoms with E-state index in [1.54, 1.807) is 6.07 Å². The molecule has 0 bridgehead atoms. The lowest BCUT2D eigenvalue weighted by molar-refractivity contribution is -0.162. The number of hydrogen-bond donors (Lipinski definition) is 1. The largest absolute Gasteiger partial charge is 0.459 e. The fourth-order valence-corrected chi connectivity index (χ4v) is 15.3. The number of aromatic nitrogens is 2. The number of pyridine rings is 2. The monoisotopic (exact) mass is 1380 g/mol. The Morgan fingerprint density at radius 1 is 0.611 bits per heavy atom. The number of ether oxygens (including phenoxy) is 8. The predicted molar refractivity (Wildman–Crippen MR) is 374 cm³/mol. The van der Waals surface area contributed by atoms with Gasteiger partial charge in [0.05, 0.1) is 37.6 Å². The molecule has 4 aromatic rings. The lowest BCUT2D eigenvalue weighted by atomic mass is 9.74. The second kappa shape index (κ2) is 36.2. The summed E-state index contributed by atoms with van der Waals surface area (Å²) in [6.45, 7) is 20.6. The molecule has 528 valence electrons. The summed E-state index contributed by atoms with van der Waals surface area (Å²) < 4.78 is 76.3. The van der Waals surface area contributed by atoms with Gasteiger partial charge in [0.25, 0.3) is 0 Å². The first kappa shape index (κ1) is 76.5. The van der Waals surface area contributed by atoms with E-state index in [-0.39, 0.29) is 61.6 Å². The fourth-order valence-electron chi connectivity index (χ4n) is 14.8. The van der Waals surface area contributed by atoms with Crippen LogP contribution in [0.5, 0.6) is 0 Å². The molecular formula is C78H115BrF2N4O10. The molecule has 6 fully saturated rings. The lowest BCUT2D eigenvalue weighted by Gasteiger charge is -2.43. The lowest BCUT2D eigenvalue weighted by Crippen LogP contribution is -2.40. The van der Waals surface area contributed by atoms with E-state index in [2.05, 4.69) is 50.4 Å². The van der Waals surface area contributed by atoms with Gasteiger partial charge in [-0.25, -0.2) is 13.6 Å². The summed E-state index contributed by atoms with van der Waals surface area (Å²) in [7, 11) is 0. The summed E-state index contributed by atoms with van der Waals surface area (Å²) in [6.07, 6.45) is 26.2. The van der Waals surface area contributed by atoms with E-state index in [9.17, 15) is 18.4 Å². The van der Waals surface area contributed by atoms with Crippen LogP contribution in [0.25, 0.3) is 0 Å². The molecule has 17 heteroatoms. The number of esters is 2. The van der Waals surface area contributed by atoms with Crippen LogP contribution in [0.2, 0.25) is 0 Å². The maximum atomic E-state index is 14.9. The van der Waals surface area contributed by atoms with Crippen LogP contribution in [-0.2, 0) is 86.0 Å². The molecule has 2 aliphatic carbocycles. The first-order valence-electron chi connectivity index (χ1n) is 35.5. The summed E-state index contributed by atoms with van der Waals surface area (Å²) in [5.41, 5.74) is 10.1. The van der Waals surface area contributed by atoms with E-state index >= 15 is 0 Å². The van der Waals surface area contributed by atoms with Crippen LogP contribution in [0.15, 0.2) is 60.7 Å². The average molecular weight is 1390 g/mol. The molecule has 2 spiro atoms. The molecule has 6 saturated heterocycles. The summed E-state index contributed by atoms with van der Waals surface area (Å²) in [5, 5.41) is 3.33. The number of benzene rings is 2. The van der Waals surface area contributed by atoms with Gasteiger partial charge in [0.2, 0.25) is 0 Å². The minimum atomic E-state index is -0.731. The highest BCUT2D eigenvalue weighted by Crippen LogP contribution is 2.48. The molecule has 8 heterocycles. The van der Waals surface area contributed by atoms with E-state index < -0.39 is 28.0 Å².